The molecule has 0 radical (unpaired) electrons. The molecule has 0 spiro atoms. The summed E-state index contributed by atoms with van der Waals surface area (Å²) in [5, 5.41) is 1.94. The number of Topliss-reactive ketones (excluding diaryl/α,β-unsaturated/α-hetero) is 4. The number of cyclic esters (lactones) is 2. The van der Waals surface area contributed by atoms with Crippen molar-refractivity contribution >= 4 is 93.2 Å². The zero-order chi connectivity index (χ0) is 105. The average Bonchev–Trinajstić information content (AvgIpc) is 1.57. The largest absolute Gasteiger partial charge is 0.458 e. The van der Waals surface area contributed by atoms with Crippen LogP contribution in [0.3, 0.4) is 0 Å². The number of para-hydroxylation sites is 2. The molecule has 32 heteroatoms. The third-order valence-corrected chi connectivity index (χ3v) is 29.6. The minimum absolute atomic E-state index is 0.00650. The molecule has 10 heterocycles. The van der Waals surface area contributed by atoms with Gasteiger partial charge in [0.1, 0.15) is 36.2 Å². The summed E-state index contributed by atoms with van der Waals surface area (Å²) in [7, 11) is 7.55. The lowest BCUT2D eigenvalue weighted by Gasteiger charge is -2.48. The van der Waals surface area contributed by atoms with Crippen LogP contribution in [-0.4, -0.2) is 299 Å². The highest BCUT2D eigenvalue weighted by molar-refractivity contribution is 6.01. The van der Waals surface area contributed by atoms with Crippen LogP contribution >= 0.6 is 0 Å². The number of nitrogens with two attached hydrogens (primary N) is 1. The Morgan fingerprint density at radius 3 is 1.43 bits per heavy atom. The molecule has 4 aromatic carbocycles. The van der Waals surface area contributed by atoms with Gasteiger partial charge in [0.05, 0.1) is 89.1 Å². The lowest BCUT2D eigenvalue weighted by atomic mass is 9.73. The number of likely N-dealkylation sites (N-methyl/N-ethyl adjacent to an activating group) is 2. The van der Waals surface area contributed by atoms with Crippen molar-refractivity contribution < 1.29 is 105 Å². The third kappa shape index (κ3) is 28.1. The van der Waals surface area contributed by atoms with Crippen molar-refractivity contribution in [3.8, 4) is 0 Å². The first kappa shape index (κ1) is 113. The summed E-state index contributed by atoms with van der Waals surface area (Å²) in [4.78, 5) is 167. The molecular weight excluding hydrogens is 1850 g/mol. The number of amides is 1. The Morgan fingerprint density at radius 2 is 1.00 bits per heavy atom. The predicted molar refractivity (Wildman–Crippen MR) is 550 cm³/mol. The van der Waals surface area contributed by atoms with E-state index in [1.165, 1.54) is 71.1 Å². The number of imidazole rings is 1. The topological polar surface area (TPSA) is 367 Å². The summed E-state index contributed by atoms with van der Waals surface area (Å²) < 4.78 is 79.4. The fourth-order valence-electron chi connectivity index (χ4n) is 21.3. The van der Waals surface area contributed by atoms with Crippen LogP contribution in [0.2, 0.25) is 0 Å². The number of allylic oxidation sites excluding steroid dienone is 1. The number of likely N-dealkylation sites (tertiary alicyclic amines) is 2. The number of rotatable bonds is 28. The number of hydrogen-bond acceptors (Lipinski definition) is 30. The molecule has 786 valence electrons. The summed E-state index contributed by atoms with van der Waals surface area (Å²) in [6.07, 6.45) is 11.5. The highest BCUT2D eigenvalue weighted by Crippen LogP contribution is 2.46. The number of nitrogens with zero attached hydrogens (tertiary/aromatic N) is 9. The third-order valence-electron chi connectivity index (χ3n) is 29.6. The Hall–Kier alpha value is -11.0. The number of ketones is 4. The Kier molecular flexibility index (Phi) is 39.7. The van der Waals surface area contributed by atoms with Crippen molar-refractivity contribution in [3.05, 3.63) is 198 Å². The molecule has 32 nitrogen and oxygen atoms in total. The van der Waals surface area contributed by atoms with Gasteiger partial charge in [0.15, 0.2) is 53.3 Å². The van der Waals surface area contributed by atoms with Gasteiger partial charge in [-0.15, -0.1) is 0 Å². The number of pyridine rings is 2. The van der Waals surface area contributed by atoms with Crippen LogP contribution in [0.25, 0.3) is 34.0 Å². The smallest absolute Gasteiger partial charge is 0.420 e. The van der Waals surface area contributed by atoms with Gasteiger partial charge in [-0.3, -0.25) is 38.7 Å². The van der Waals surface area contributed by atoms with E-state index in [0.29, 0.717) is 36.9 Å². The van der Waals surface area contributed by atoms with Crippen LogP contribution in [0.15, 0.2) is 176 Å². The molecule has 6 fully saturated rings. The molecule has 7 aliphatic heterocycles. The first-order valence-corrected chi connectivity index (χ1v) is 51.5. The van der Waals surface area contributed by atoms with Crippen LogP contribution in [0.1, 0.15) is 207 Å². The summed E-state index contributed by atoms with van der Waals surface area (Å²) in [5.74, 6) is -11.4. The maximum absolute atomic E-state index is 15.2. The molecule has 1 amide bonds. The number of esters is 4. The number of hydrogen-bond donors (Lipinski definition) is 1. The number of benzene rings is 4. The second-order valence-electron chi connectivity index (χ2n) is 41.4. The van der Waals surface area contributed by atoms with Gasteiger partial charge in [0.25, 0.3) is 0 Å². The predicted octanol–water partition coefficient (Wildman–Crippen LogP) is 15.9. The van der Waals surface area contributed by atoms with Crippen molar-refractivity contribution in [2.45, 2.75) is 277 Å². The van der Waals surface area contributed by atoms with Gasteiger partial charge < -0.3 is 87.1 Å². The van der Waals surface area contributed by atoms with E-state index >= 15 is 9.59 Å². The van der Waals surface area contributed by atoms with E-state index < -0.39 is 167 Å². The zero-order valence-electron chi connectivity index (χ0n) is 88.1. The first-order valence-electron chi connectivity index (χ1n) is 51.5. The normalized spacial score (nSPS) is 31.7. The van der Waals surface area contributed by atoms with Crippen molar-refractivity contribution in [1.29, 1.82) is 0 Å². The van der Waals surface area contributed by atoms with Gasteiger partial charge in [-0.2, -0.15) is 0 Å². The van der Waals surface area contributed by atoms with E-state index in [-0.39, 0.29) is 80.3 Å². The maximum atomic E-state index is 15.2. The molecule has 3 aromatic heterocycles. The fourth-order valence-corrected chi connectivity index (χ4v) is 21.3. The molecule has 0 bridgehead atoms. The Bertz CT molecular complexity index is 5640. The maximum Gasteiger partial charge on any atom is 0.420 e. The number of aromatic nitrogens is 4. The van der Waals surface area contributed by atoms with Crippen LogP contribution in [0.5, 0.6) is 0 Å². The van der Waals surface area contributed by atoms with E-state index in [1.807, 2.05) is 171 Å². The molecule has 14 rings (SSSR count). The summed E-state index contributed by atoms with van der Waals surface area (Å²) in [6, 6.07) is 35.4. The summed E-state index contributed by atoms with van der Waals surface area (Å²) >= 11 is 0. The molecule has 0 aliphatic carbocycles. The van der Waals surface area contributed by atoms with Crippen molar-refractivity contribution in [2.75, 3.05) is 93.8 Å². The van der Waals surface area contributed by atoms with E-state index in [4.69, 9.17) is 62.6 Å². The second-order valence-corrected chi connectivity index (χ2v) is 41.4. The standard InChI is InChI=1S/C55H74N4O11.C52H64N4O11.C6H14N2/c1-11-44-55(8)48(59(53(64)70-55)28-19-27-58-25-18-26-58)36(4)45(60)34(2)32-54(7,65-29-17-20-39-31-41-23-15-16-24-42(41)56-33-39)49(37(5)46(61)38(6)50(62)67-44)69-52-47(43(57(9)10)30-35(3)66-52)68-51(63)40-21-13-12-14-22-40;1-11-42-51(7,67-50(61)56-24-23-53-31-56)28-32(2)43(57)33(3)29-52(8,62-25-17-18-37-27-39-21-15-16-22-40(39)54-30-37)46(35(5)44(58)36(6)47(59)64-42)66-49-45(41(55(9)10)26-34(4)63-49)65-48(60)38-19-13-12-14-20-38;7-3-1-4-8-5-2-6-8/h12-17,20-24,31,33-38,43-44,47-49,52H,11,18-19,25-30,32H2,1-10H3;12-24,27-28,30-31,33-36,41-42,45-46,49H,11,25-26,29H2,1-10H3;1-7H2/b20-17+;18-17+,32-28+;/t34-,35-,36+,37+,38-,43+,44-,47-,48-,49-,52+,54-,55-;33-,34-,35+,36-,41+,42-,45-,46-,49+,51+,52-;/m11./s1. The number of carbonyl (C=O) groups is 10. The van der Waals surface area contributed by atoms with E-state index in [1.54, 1.807) is 127 Å². The van der Waals surface area contributed by atoms with Gasteiger partial charge in [0, 0.05) is 71.7 Å². The minimum Gasteiger partial charge on any atom is -0.458 e. The SMILES string of the molecule is CC[C@H]1OC(=O)[C@H](C)C(=O)[C@H](C)[C@@H](O[C@@H]2O[C@H](C)C[C@H](N(C)C)[C@H]2OC(=O)c2ccccc2)[C@](C)(OC/C=C/c2cnc3ccccc3c2)C[C@@H](C)C(=O)/C(C)=C/[C@]1(C)OC(=O)n1ccnc1.CC[C@H]1OC(=O)[C@H](C)C(=O)[C@H](C)[C@@H](O[C@@H]2O[C@H](C)C[C@H](N(C)C)[C@H]2OC(=O)c2ccccc2)[C@](C)(OC/C=C/c2cnc3ccccc3c2)C[C@@H](C)C(=O)[C@H](C)[C@H]2N(CCCN3CCC3)C(=O)O[C@]12C.NCCCN1CCC1. The monoisotopic (exact) mass is 2000 g/mol. The molecule has 0 unspecified atom stereocenters. The first-order chi connectivity index (χ1) is 69.1. The van der Waals surface area contributed by atoms with Gasteiger partial charge in [-0.1, -0.05) is 146 Å². The molecule has 2 N–H and O–H groups in total. The van der Waals surface area contributed by atoms with Gasteiger partial charge in [-0.05, 0) is 272 Å². The lowest BCUT2D eigenvalue weighted by molar-refractivity contribution is -0.296. The zero-order valence-corrected chi connectivity index (χ0v) is 88.1. The van der Waals surface area contributed by atoms with Crippen LogP contribution in [0, 0.1) is 41.4 Å². The minimum atomic E-state index is -1.65. The highest BCUT2D eigenvalue weighted by atomic mass is 16.7. The van der Waals surface area contributed by atoms with E-state index in [2.05, 4.69) is 24.8 Å². The average molecular weight is 2000 g/mol. The van der Waals surface area contributed by atoms with Crippen molar-refractivity contribution in [2.24, 2.45) is 47.2 Å². The van der Waals surface area contributed by atoms with Crippen molar-refractivity contribution in [1.82, 2.24) is 44.0 Å². The quantitative estimate of drug-likeness (QED) is 0.0270. The van der Waals surface area contributed by atoms with E-state index in [0.717, 1.165) is 70.1 Å². The highest BCUT2D eigenvalue weighted by Gasteiger charge is 2.62. The number of ether oxygens (including phenoxy) is 12. The summed E-state index contributed by atoms with van der Waals surface area (Å²) in [6.45, 7) is 35.5. The Balaban J connectivity index is 0.000000239. The fraction of sp³-hybridized carbons (Fsp3) is 0.566. The van der Waals surface area contributed by atoms with Crippen molar-refractivity contribution in [3.63, 3.8) is 0 Å². The molecule has 24 atom stereocenters. The van der Waals surface area contributed by atoms with Crippen LogP contribution in [0.4, 0.5) is 9.59 Å². The Labute approximate surface area is 853 Å². The molecule has 0 saturated carbocycles. The molecule has 6 saturated heterocycles. The molecular formula is C113H152N10O22. The lowest BCUT2D eigenvalue weighted by Crippen LogP contribution is -2.61. The molecule has 7 aliphatic rings. The number of fused-ring (bicyclic) bond motifs is 3. The molecule has 7 aromatic rings. The van der Waals surface area contributed by atoms with Gasteiger partial charge in [-0.25, -0.2) is 28.7 Å². The van der Waals surface area contributed by atoms with Crippen LogP contribution < -0.4 is 5.73 Å². The van der Waals surface area contributed by atoms with E-state index in [9.17, 15) is 38.4 Å². The van der Waals surface area contributed by atoms with Crippen LogP contribution in [-0.2, 0) is 85.6 Å². The van der Waals surface area contributed by atoms with Gasteiger partial charge in [0.2, 0.25) is 0 Å². The number of carbonyl (C=O) groups excluding carboxylic acids is 10. The molecule has 145 heavy (non-hydrogen) atoms. The Morgan fingerprint density at radius 1 is 0.552 bits per heavy atom. The second kappa shape index (κ2) is 51.1. The van der Waals surface area contributed by atoms with Gasteiger partial charge >= 0.3 is 36.1 Å². The summed E-state index contributed by atoms with van der Waals surface area (Å²) in [5.41, 5.74) is 3.68.